The van der Waals surface area contributed by atoms with E-state index in [1.165, 1.54) is 0 Å². The summed E-state index contributed by atoms with van der Waals surface area (Å²) < 4.78 is 5.02. The number of hydrogen-bond donors (Lipinski definition) is 1. The van der Waals surface area contributed by atoms with Gasteiger partial charge in [0.25, 0.3) is 0 Å². The van der Waals surface area contributed by atoms with Crippen molar-refractivity contribution in [2.75, 3.05) is 7.11 Å². The Balaban J connectivity index is 2.94. The fraction of sp³-hybridized carbons (Fsp3) is 0.273. The van der Waals surface area contributed by atoms with Gasteiger partial charge in [0.1, 0.15) is 11.5 Å². The highest BCUT2D eigenvalue weighted by atomic mass is 16.5. The van der Waals surface area contributed by atoms with E-state index in [1.54, 1.807) is 19.2 Å². The topological polar surface area (TPSA) is 29.5 Å². The summed E-state index contributed by atoms with van der Waals surface area (Å²) in [5.41, 5.74) is 0.957. The predicted octanol–water partition coefficient (Wildman–Crippen LogP) is 2.82. The molecule has 0 aliphatic carbocycles. The highest BCUT2D eigenvalue weighted by molar-refractivity contribution is 5.54. The molecule has 0 saturated carbocycles. The Bertz CT molecular complexity index is 303. The van der Waals surface area contributed by atoms with Crippen LogP contribution in [-0.2, 0) is 0 Å². The molecule has 0 aromatic heterocycles. The summed E-state index contributed by atoms with van der Waals surface area (Å²) in [7, 11) is 1.59. The molecule has 13 heavy (non-hydrogen) atoms. The minimum absolute atomic E-state index is 0.232. The van der Waals surface area contributed by atoms with Gasteiger partial charge in [-0.3, -0.25) is 0 Å². The van der Waals surface area contributed by atoms with Crippen molar-refractivity contribution in [3.63, 3.8) is 0 Å². The molecule has 0 unspecified atom stereocenters. The number of phenols is 1. The molecule has 70 valence electrons. The van der Waals surface area contributed by atoms with Gasteiger partial charge in [-0.25, -0.2) is 0 Å². The number of methoxy groups -OCH3 is 1. The molecule has 0 fully saturated rings. The lowest BCUT2D eigenvalue weighted by Gasteiger charge is -2.02. The molecule has 0 atom stereocenters. The van der Waals surface area contributed by atoms with E-state index < -0.39 is 0 Å². The van der Waals surface area contributed by atoms with Gasteiger partial charge >= 0.3 is 0 Å². The van der Waals surface area contributed by atoms with Crippen LogP contribution >= 0.6 is 0 Å². The van der Waals surface area contributed by atoms with Crippen LogP contribution in [0, 0.1) is 0 Å². The number of hydrogen-bond acceptors (Lipinski definition) is 2. The first-order chi connectivity index (χ1) is 6.26. The number of rotatable bonds is 3. The summed E-state index contributed by atoms with van der Waals surface area (Å²) in [6, 6.07) is 5.17. The lowest BCUT2D eigenvalue weighted by Crippen LogP contribution is -1.83. The second kappa shape index (κ2) is 4.55. The van der Waals surface area contributed by atoms with E-state index in [0.29, 0.717) is 5.75 Å². The Morgan fingerprint density at radius 1 is 1.38 bits per heavy atom. The van der Waals surface area contributed by atoms with E-state index in [4.69, 9.17) is 4.74 Å². The summed E-state index contributed by atoms with van der Waals surface area (Å²) in [6.45, 7) is 2.07. The maximum atomic E-state index is 9.31. The molecule has 1 aromatic rings. The van der Waals surface area contributed by atoms with Gasteiger partial charge in [-0.1, -0.05) is 19.1 Å². The van der Waals surface area contributed by atoms with Crippen LogP contribution in [0.4, 0.5) is 0 Å². The van der Waals surface area contributed by atoms with E-state index in [9.17, 15) is 5.11 Å². The summed E-state index contributed by atoms with van der Waals surface area (Å²) in [4.78, 5) is 0. The molecule has 1 aromatic carbocycles. The zero-order chi connectivity index (χ0) is 9.68. The molecular formula is C11H14O2. The van der Waals surface area contributed by atoms with E-state index >= 15 is 0 Å². The molecule has 0 aliphatic heterocycles. The van der Waals surface area contributed by atoms with E-state index in [-0.39, 0.29) is 5.75 Å². The Morgan fingerprint density at radius 3 is 2.77 bits per heavy atom. The average Bonchev–Trinajstić information content (AvgIpc) is 2.14. The van der Waals surface area contributed by atoms with Crippen molar-refractivity contribution in [1.82, 2.24) is 0 Å². The zero-order valence-corrected chi connectivity index (χ0v) is 7.95. The number of benzene rings is 1. The fourth-order valence-corrected chi connectivity index (χ4v) is 1.07. The van der Waals surface area contributed by atoms with Gasteiger partial charge < -0.3 is 9.84 Å². The van der Waals surface area contributed by atoms with Gasteiger partial charge in [-0.2, -0.15) is 0 Å². The third-order valence-electron chi connectivity index (χ3n) is 1.70. The van der Waals surface area contributed by atoms with Crippen LogP contribution in [0.5, 0.6) is 11.5 Å². The summed E-state index contributed by atoms with van der Waals surface area (Å²) in [6.07, 6.45) is 4.98. The molecule has 0 amide bonds. The van der Waals surface area contributed by atoms with Crippen molar-refractivity contribution in [3.8, 4) is 11.5 Å². The molecule has 1 rings (SSSR count). The van der Waals surface area contributed by atoms with E-state index in [0.717, 1.165) is 12.0 Å². The molecule has 0 bridgehead atoms. The lowest BCUT2D eigenvalue weighted by atomic mass is 10.2. The minimum Gasteiger partial charge on any atom is -0.508 e. The third kappa shape index (κ3) is 2.82. The second-order valence-corrected chi connectivity index (χ2v) is 2.77. The van der Waals surface area contributed by atoms with Crippen molar-refractivity contribution in [2.45, 2.75) is 13.3 Å². The molecule has 0 aliphatic rings. The second-order valence-electron chi connectivity index (χ2n) is 2.77. The maximum absolute atomic E-state index is 9.31. The Labute approximate surface area is 78.5 Å². The molecule has 2 heteroatoms. The van der Waals surface area contributed by atoms with Crippen molar-refractivity contribution in [1.29, 1.82) is 0 Å². The van der Waals surface area contributed by atoms with Crippen molar-refractivity contribution >= 4 is 6.08 Å². The van der Waals surface area contributed by atoms with Crippen LogP contribution < -0.4 is 4.74 Å². The summed E-state index contributed by atoms with van der Waals surface area (Å²) in [5.74, 6) is 0.908. The van der Waals surface area contributed by atoms with Crippen LogP contribution in [0.25, 0.3) is 6.08 Å². The lowest BCUT2D eigenvalue weighted by molar-refractivity contribution is 0.407. The fourth-order valence-electron chi connectivity index (χ4n) is 1.07. The Kier molecular flexibility index (Phi) is 3.38. The van der Waals surface area contributed by atoms with Crippen LogP contribution in [0.2, 0.25) is 0 Å². The standard InChI is InChI=1S/C11H14O2/c1-3-4-5-9-6-10(12)8-11(7-9)13-2/h4-8,12H,3H2,1-2H3/b5-4+. The van der Waals surface area contributed by atoms with Gasteiger partial charge in [0.05, 0.1) is 7.11 Å². The number of allylic oxidation sites excluding steroid dienone is 1. The van der Waals surface area contributed by atoms with Crippen LogP contribution in [0.1, 0.15) is 18.9 Å². The monoisotopic (exact) mass is 178 g/mol. The van der Waals surface area contributed by atoms with Crippen LogP contribution in [0.15, 0.2) is 24.3 Å². The largest absolute Gasteiger partial charge is 0.508 e. The zero-order valence-electron chi connectivity index (χ0n) is 7.95. The number of ether oxygens (including phenoxy) is 1. The van der Waals surface area contributed by atoms with Gasteiger partial charge in [0.15, 0.2) is 0 Å². The highest BCUT2D eigenvalue weighted by Gasteiger charge is 1.96. The molecular weight excluding hydrogens is 164 g/mol. The van der Waals surface area contributed by atoms with E-state index in [1.807, 2.05) is 18.2 Å². The predicted molar refractivity (Wildman–Crippen MR) is 54.0 cm³/mol. The normalized spacial score (nSPS) is 10.6. The molecule has 0 heterocycles. The molecule has 0 spiro atoms. The average molecular weight is 178 g/mol. The Hall–Kier alpha value is -1.44. The Morgan fingerprint density at radius 2 is 2.15 bits per heavy atom. The number of aromatic hydroxyl groups is 1. The van der Waals surface area contributed by atoms with Gasteiger partial charge in [-0.15, -0.1) is 0 Å². The molecule has 0 saturated heterocycles. The van der Waals surface area contributed by atoms with Gasteiger partial charge in [-0.05, 0) is 24.1 Å². The van der Waals surface area contributed by atoms with Gasteiger partial charge in [0.2, 0.25) is 0 Å². The molecule has 2 nitrogen and oxygen atoms in total. The van der Waals surface area contributed by atoms with Crippen molar-refractivity contribution < 1.29 is 9.84 Å². The highest BCUT2D eigenvalue weighted by Crippen LogP contribution is 2.22. The maximum Gasteiger partial charge on any atom is 0.123 e. The molecule has 0 radical (unpaired) electrons. The van der Waals surface area contributed by atoms with Crippen molar-refractivity contribution in [2.24, 2.45) is 0 Å². The third-order valence-corrected chi connectivity index (χ3v) is 1.70. The van der Waals surface area contributed by atoms with E-state index in [2.05, 4.69) is 6.92 Å². The number of phenolic OH excluding ortho intramolecular Hbond substituents is 1. The molecule has 1 N–H and O–H groups in total. The van der Waals surface area contributed by atoms with Crippen LogP contribution in [0.3, 0.4) is 0 Å². The summed E-state index contributed by atoms with van der Waals surface area (Å²) in [5, 5.41) is 9.31. The minimum atomic E-state index is 0.232. The van der Waals surface area contributed by atoms with Gasteiger partial charge in [0, 0.05) is 6.07 Å². The van der Waals surface area contributed by atoms with Crippen LogP contribution in [-0.4, -0.2) is 12.2 Å². The quantitative estimate of drug-likeness (QED) is 0.771. The SMILES string of the molecule is CC/C=C/c1cc(O)cc(OC)c1. The summed E-state index contributed by atoms with van der Waals surface area (Å²) >= 11 is 0. The first-order valence-electron chi connectivity index (χ1n) is 4.31. The van der Waals surface area contributed by atoms with Crippen molar-refractivity contribution in [3.05, 3.63) is 29.8 Å². The first-order valence-corrected chi connectivity index (χ1v) is 4.31. The first kappa shape index (κ1) is 9.65. The smallest absolute Gasteiger partial charge is 0.123 e.